The molecular formula is C27H29ClN2O5. The topological polar surface area (TPSA) is 79.3 Å². The highest BCUT2D eigenvalue weighted by molar-refractivity contribution is 6.17. The average Bonchev–Trinajstić information content (AvgIpc) is 3.36. The average molecular weight is 497 g/mol. The minimum Gasteiger partial charge on any atom is -0.443 e. The van der Waals surface area contributed by atoms with Crippen LogP contribution in [-0.2, 0) is 22.7 Å². The number of amides is 2. The standard InChI is InChI=1S/C27H29ClN2O5/c28-16-10-2-1-9-15-22-17-23-25(31)24(22)30(27(33)35-19-21-13-7-4-8-14-21)29(23)26(32)34-18-20-11-5-3-6-12-20/h3-8,11-14,22-25,31H,1-2,10,16-19H2/t22?,23-,24+,25+/m1/s1. The van der Waals surface area contributed by atoms with Gasteiger partial charge in [-0.15, -0.1) is 17.5 Å². The Morgan fingerprint density at radius 1 is 0.914 bits per heavy atom. The first kappa shape index (κ1) is 24.9. The van der Waals surface area contributed by atoms with E-state index in [4.69, 9.17) is 21.1 Å². The molecule has 2 bridgehead atoms. The molecule has 1 saturated carbocycles. The molecule has 0 radical (unpaired) electrons. The molecule has 8 heteroatoms. The number of unbranched alkanes of at least 4 members (excludes halogenated alkanes) is 2. The minimum absolute atomic E-state index is 0.0470. The Morgan fingerprint density at radius 3 is 2.06 bits per heavy atom. The number of carbonyl (C=O) groups is 2. The number of fused-ring (bicyclic) bond motifs is 2. The van der Waals surface area contributed by atoms with Gasteiger partial charge < -0.3 is 14.6 Å². The van der Waals surface area contributed by atoms with Crippen LogP contribution in [-0.4, -0.2) is 51.4 Å². The predicted octanol–water partition coefficient (Wildman–Crippen LogP) is 4.72. The number of ether oxygens (including phenoxy) is 2. The quantitative estimate of drug-likeness (QED) is 0.341. The fourth-order valence-corrected chi connectivity index (χ4v) is 4.72. The summed E-state index contributed by atoms with van der Waals surface area (Å²) in [7, 11) is 0. The molecule has 2 fully saturated rings. The number of hydrazine groups is 1. The highest BCUT2D eigenvalue weighted by Crippen LogP contribution is 2.42. The smallest absolute Gasteiger partial charge is 0.429 e. The summed E-state index contributed by atoms with van der Waals surface area (Å²) in [6.07, 6.45) is 0.562. The summed E-state index contributed by atoms with van der Waals surface area (Å²) >= 11 is 5.73. The zero-order valence-corrected chi connectivity index (χ0v) is 20.1. The number of hydrogen-bond acceptors (Lipinski definition) is 5. The third-order valence-electron chi connectivity index (χ3n) is 6.24. The Morgan fingerprint density at radius 2 is 1.49 bits per heavy atom. The molecule has 4 atom stereocenters. The number of aliphatic hydroxyl groups excluding tert-OH is 1. The Labute approximate surface area is 210 Å². The van der Waals surface area contributed by atoms with Crippen LogP contribution >= 0.6 is 11.6 Å². The summed E-state index contributed by atoms with van der Waals surface area (Å²) in [5, 5.41) is 13.4. The highest BCUT2D eigenvalue weighted by Gasteiger charge is 2.61. The fraction of sp³-hybridized carbons (Fsp3) is 0.407. The van der Waals surface area contributed by atoms with Gasteiger partial charge in [-0.25, -0.2) is 19.6 Å². The molecule has 2 aliphatic rings. The van der Waals surface area contributed by atoms with Crippen LogP contribution in [0.5, 0.6) is 0 Å². The summed E-state index contributed by atoms with van der Waals surface area (Å²) < 4.78 is 11.0. The third-order valence-corrected chi connectivity index (χ3v) is 6.51. The van der Waals surface area contributed by atoms with Crippen molar-refractivity contribution in [2.24, 2.45) is 5.92 Å². The lowest BCUT2D eigenvalue weighted by Gasteiger charge is -2.37. The van der Waals surface area contributed by atoms with Crippen molar-refractivity contribution in [3.63, 3.8) is 0 Å². The van der Waals surface area contributed by atoms with Gasteiger partial charge in [0.25, 0.3) is 0 Å². The van der Waals surface area contributed by atoms with Gasteiger partial charge in [0.2, 0.25) is 0 Å². The number of benzene rings is 2. The van der Waals surface area contributed by atoms with Crippen molar-refractivity contribution in [2.75, 3.05) is 5.88 Å². The van der Waals surface area contributed by atoms with E-state index in [0.717, 1.165) is 24.0 Å². The summed E-state index contributed by atoms with van der Waals surface area (Å²) in [6.45, 7) is 0.103. The molecule has 2 aromatic rings. The van der Waals surface area contributed by atoms with E-state index in [9.17, 15) is 14.7 Å². The number of alkyl halides is 1. The molecule has 4 rings (SSSR count). The second-order valence-electron chi connectivity index (χ2n) is 8.63. The Kier molecular flexibility index (Phi) is 8.51. The first-order valence-corrected chi connectivity index (χ1v) is 12.4. The SMILES string of the molecule is O=C(OCc1ccccc1)N1[C@@H]2CC(C#CCCCCCl)[C@@H]([C@H]2O)N1C(=O)OCc1ccccc1. The zero-order chi connectivity index (χ0) is 24.6. The van der Waals surface area contributed by atoms with Crippen LogP contribution in [0.4, 0.5) is 9.59 Å². The molecule has 2 amide bonds. The summed E-state index contributed by atoms with van der Waals surface area (Å²) in [4.78, 5) is 26.3. The van der Waals surface area contributed by atoms with Crippen molar-refractivity contribution in [2.45, 2.75) is 57.1 Å². The van der Waals surface area contributed by atoms with Gasteiger partial charge in [-0.2, -0.15) is 0 Å². The molecule has 2 aromatic carbocycles. The van der Waals surface area contributed by atoms with E-state index >= 15 is 0 Å². The van der Waals surface area contributed by atoms with Crippen molar-refractivity contribution in [1.29, 1.82) is 0 Å². The largest absolute Gasteiger partial charge is 0.443 e. The molecule has 1 heterocycles. The fourth-order valence-electron chi connectivity index (χ4n) is 4.53. The molecule has 1 unspecified atom stereocenters. The van der Waals surface area contributed by atoms with Gasteiger partial charge in [-0.3, -0.25) is 0 Å². The molecule has 1 aliphatic carbocycles. The minimum atomic E-state index is -0.939. The molecular weight excluding hydrogens is 468 g/mol. The maximum absolute atomic E-state index is 13.2. The van der Waals surface area contributed by atoms with Crippen molar-refractivity contribution in [3.8, 4) is 11.8 Å². The molecule has 1 saturated heterocycles. The van der Waals surface area contributed by atoms with Crippen molar-refractivity contribution >= 4 is 23.8 Å². The second kappa shape index (κ2) is 12.0. The van der Waals surface area contributed by atoms with Crippen LogP contribution in [0.2, 0.25) is 0 Å². The lowest BCUT2D eigenvalue weighted by atomic mass is 10.0. The zero-order valence-electron chi connectivity index (χ0n) is 19.4. The van der Waals surface area contributed by atoms with E-state index in [2.05, 4.69) is 11.8 Å². The summed E-state index contributed by atoms with van der Waals surface area (Å²) in [5.74, 6) is 6.66. The number of nitrogens with zero attached hydrogens (tertiary/aromatic N) is 2. The lowest BCUT2D eigenvalue weighted by Crippen LogP contribution is -2.55. The van der Waals surface area contributed by atoms with Gasteiger partial charge in [0.15, 0.2) is 0 Å². The molecule has 1 N–H and O–H groups in total. The van der Waals surface area contributed by atoms with Gasteiger partial charge >= 0.3 is 12.2 Å². The Balaban J connectivity index is 1.49. The van der Waals surface area contributed by atoms with E-state index in [-0.39, 0.29) is 19.1 Å². The number of rotatable bonds is 7. The number of aliphatic hydroxyl groups is 1. The lowest BCUT2D eigenvalue weighted by molar-refractivity contribution is -0.0510. The van der Waals surface area contributed by atoms with Gasteiger partial charge in [-0.1, -0.05) is 66.6 Å². The van der Waals surface area contributed by atoms with E-state index in [1.807, 2.05) is 60.7 Å². The Bertz CT molecular complexity index is 1060. The van der Waals surface area contributed by atoms with Gasteiger partial charge in [0.05, 0.1) is 12.1 Å². The van der Waals surface area contributed by atoms with Gasteiger partial charge in [0, 0.05) is 18.2 Å². The molecule has 1 aliphatic heterocycles. The number of halogens is 1. The highest BCUT2D eigenvalue weighted by atomic mass is 35.5. The second-order valence-corrected chi connectivity index (χ2v) is 9.01. The molecule has 0 aromatic heterocycles. The van der Waals surface area contributed by atoms with Crippen LogP contribution in [0.15, 0.2) is 60.7 Å². The molecule has 184 valence electrons. The maximum Gasteiger partial charge on any atom is 0.429 e. The molecule has 7 nitrogen and oxygen atoms in total. The van der Waals surface area contributed by atoms with Crippen LogP contribution < -0.4 is 0 Å². The van der Waals surface area contributed by atoms with Crippen molar-refractivity contribution in [1.82, 2.24) is 10.0 Å². The van der Waals surface area contributed by atoms with Crippen molar-refractivity contribution in [3.05, 3.63) is 71.8 Å². The third kappa shape index (κ3) is 5.90. The van der Waals surface area contributed by atoms with E-state index in [1.54, 1.807) is 0 Å². The van der Waals surface area contributed by atoms with Gasteiger partial charge in [-0.05, 0) is 30.4 Å². The normalized spacial score (nSPS) is 22.5. The van der Waals surface area contributed by atoms with Crippen LogP contribution in [0, 0.1) is 17.8 Å². The Hall–Kier alpha value is -3.21. The summed E-state index contributed by atoms with van der Waals surface area (Å²) in [6, 6.07) is 17.3. The number of hydrogen-bond donors (Lipinski definition) is 1. The predicted molar refractivity (Wildman–Crippen MR) is 131 cm³/mol. The maximum atomic E-state index is 13.2. The summed E-state index contributed by atoms with van der Waals surface area (Å²) in [5.41, 5.74) is 1.64. The molecule has 0 spiro atoms. The van der Waals surface area contributed by atoms with E-state index in [1.165, 1.54) is 10.0 Å². The van der Waals surface area contributed by atoms with Crippen molar-refractivity contribution < 1.29 is 24.2 Å². The van der Waals surface area contributed by atoms with Crippen LogP contribution in [0.1, 0.15) is 36.8 Å². The monoisotopic (exact) mass is 496 g/mol. The van der Waals surface area contributed by atoms with E-state index < -0.39 is 30.4 Å². The van der Waals surface area contributed by atoms with Gasteiger partial charge in [0.1, 0.15) is 19.3 Å². The first-order chi connectivity index (χ1) is 17.1. The number of carbonyl (C=O) groups excluding carboxylic acids is 2. The van der Waals surface area contributed by atoms with E-state index in [0.29, 0.717) is 18.7 Å². The molecule has 35 heavy (non-hydrogen) atoms. The van der Waals surface area contributed by atoms with Crippen LogP contribution in [0.25, 0.3) is 0 Å². The van der Waals surface area contributed by atoms with Crippen LogP contribution in [0.3, 0.4) is 0 Å². The first-order valence-electron chi connectivity index (χ1n) is 11.8.